The maximum atomic E-state index is 12.9. The zero-order valence-electron chi connectivity index (χ0n) is 16.9. The van der Waals surface area contributed by atoms with Crippen molar-refractivity contribution >= 4 is 40.4 Å². The molecule has 1 N–H and O–H groups in total. The van der Waals surface area contributed by atoms with Crippen LogP contribution < -0.4 is 5.32 Å². The number of hydrogen-bond acceptors (Lipinski definition) is 4. The normalized spacial score (nSPS) is 14.3. The molecule has 31 heavy (non-hydrogen) atoms. The number of carbonyl (C=O) groups excluding carboxylic acids is 2. The first-order valence-corrected chi connectivity index (χ1v) is 11.3. The van der Waals surface area contributed by atoms with Gasteiger partial charge in [0.1, 0.15) is 0 Å². The maximum Gasteiger partial charge on any atom is 0.253 e. The second-order valence-corrected chi connectivity index (χ2v) is 8.74. The summed E-state index contributed by atoms with van der Waals surface area (Å²) in [4.78, 5) is 31.1. The Morgan fingerprint density at radius 3 is 2.61 bits per heavy atom. The molecule has 0 unspecified atom stereocenters. The molecule has 158 valence electrons. The number of piperidine rings is 1. The van der Waals surface area contributed by atoms with Crippen molar-refractivity contribution in [1.82, 2.24) is 9.88 Å². The average Bonchev–Trinajstić information content (AvgIpc) is 3.29. The van der Waals surface area contributed by atoms with E-state index in [1.54, 1.807) is 35.6 Å². The molecule has 1 aliphatic rings. The van der Waals surface area contributed by atoms with Crippen LogP contribution >= 0.6 is 22.9 Å². The van der Waals surface area contributed by atoms with Gasteiger partial charge in [0.2, 0.25) is 5.91 Å². The number of halogens is 1. The van der Waals surface area contributed by atoms with Gasteiger partial charge in [-0.15, -0.1) is 11.3 Å². The molecule has 0 saturated carbocycles. The predicted octanol–water partition coefficient (Wildman–Crippen LogP) is 5.61. The first-order chi connectivity index (χ1) is 15.0. The van der Waals surface area contributed by atoms with Gasteiger partial charge in [0.15, 0.2) is 0 Å². The molecule has 1 aromatic heterocycles. The van der Waals surface area contributed by atoms with E-state index in [1.807, 2.05) is 29.2 Å². The van der Waals surface area contributed by atoms with Crippen LogP contribution in [-0.2, 0) is 4.79 Å². The number of rotatable bonds is 5. The van der Waals surface area contributed by atoms with Crippen molar-refractivity contribution in [2.24, 2.45) is 0 Å². The van der Waals surface area contributed by atoms with Gasteiger partial charge in [-0.05, 0) is 49.2 Å². The number of nitrogens with zero attached hydrogens (tertiary/aromatic N) is 2. The van der Waals surface area contributed by atoms with Crippen LogP contribution in [0.2, 0.25) is 5.02 Å². The van der Waals surface area contributed by atoms with E-state index in [2.05, 4.69) is 17.3 Å². The Bertz CT molecular complexity index is 1100. The Balaban J connectivity index is 1.38. The number of thiazole rings is 1. The molecular formula is C24H22ClN3O2S. The first-order valence-electron chi connectivity index (χ1n) is 10.1. The van der Waals surface area contributed by atoms with Crippen LogP contribution in [-0.4, -0.2) is 34.8 Å². The van der Waals surface area contributed by atoms with E-state index in [0.717, 1.165) is 29.1 Å². The van der Waals surface area contributed by atoms with Gasteiger partial charge in [-0.3, -0.25) is 9.59 Å². The molecule has 0 aliphatic carbocycles. The highest BCUT2D eigenvalue weighted by Crippen LogP contribution is 2.33. The highest BCUT2D eigenvalue weighted by atomic mass is 35.5. The van der Waals surface area contributed by atoms with E-state index in [-0.39, 0.29) is 11.8 Å². The van der Waals surface area contributed by atoms with Crippen LogP contribution in [0, 0.1) is 0 Å². The highest BCUT2D eigenvalue weighted by Gasteiger charge is 2.26. The smallest absolute Gasteiger partial charge is 0.253 e. The SMILES string of the molecule is C=CC(=O)Nc1cccc(C(=O)N2CCC(c3nc(-c4ccc(Cl)cc4)cs3)CC2)c1. The molecular weight excluding hydrogens is 430 g/mol. The van der Waals surface area contributed by atoms with Crippen LogP contribution in [0.1, 0.15) is 34.1 Å². The molecule has 0 bridgehead atoms. The van der Waals surface area contributed by atoms with Gasteiger partial charge in [-0.25, -0.2) is 4.98 Å². The van der Waals surface area contributed by atoms with Crippen molar-refractivity contribution in [3.8, 4) is 11.3 Å². The minimum absolute atomic E-state index is 0.0193. The lowest BCUT2D eigenvalue weighted by molar-refractivity contribution is -0.111. The highest BCUT2D eigenvalue weighted by molar-refractivity contribution is 7.10. The summed E-state index contributed by atoms with van der Waals surface area (Å²) in [6, 6.07) is 14.7. The summed E-state index contributed by atoms with van der Waals surface area (Å²) in [5.41, 5.74) is 3.18. The van der Waals surface area contributed by atoms with Crippen molar-refractivity contribution < 1.29 is 9.59 Å². The van der Waals surface area contributed by atoms with E-state index in [0.29, 0.717) is 35.3 Å². The molecule has 4 rings (SSSR count). The van der Waals surface area contributed by atoms with Crippen LogP contribution in [0.3, 0.4) is 0 Å². The van der Waals surface area contributed by atoms with Gasteiger partial charge in [0.25, 0.3) is 5.91 Å². The Morgan fingerprint density at radius 1 is 1.16 bits per heavy atom. The first kappa shape index (κ1) is 21.3. The number of amides is 2. The lowest BCUT2D eigenvalue weighted by atomic mass is 9.97. The van der Waals surface area contributed by atoms with Crippen molar-refractivity contribution in [3.63, 3.8) is 0 Å². The number of likely N-dealkylation sites (tertiary alicyclic amines) is 1. The largest absolute Gasteiger partial charge is 0.339 e. The lowest BCUT2D eigenvalue weighted by Crippen LogP contribution is -2.37. The minimum atomic E-state index is -0.299. The Labute approximate surface area is 190 Å². The summed E-state index contributed by atoms with van der Waals surface area (Å²) in [6.45, 7) is 4.81. The van der Waals surface area contributed by atoms with Crippen LogP contribution in [0.15, 0.2) is 66.6 Å². The third kappa shape index (κ3) is 5.03. The summed E-state index contributed by atoms with van der Waals surface area (Å²) < 4.78 is 0. The van der Waals surface area contributed by atoms with Gasteiger partial charge in [-0.1, -0.05) is 36.4 Å². The van der Waals surface area contributed by atoms with Crippen LogP contribution in [0.4, 0.5) is 5.69 Å². The maximum absolute atomic E-state index is 12.9. The van der Waals surface area contributed by atoms with E-state index in [1.165, 1.54) is 6.08 Å². The minimum Gasteiger partial charge on any atom is -0.339 e. The van der Waals surface area contributed by atoms with E-state index < -0.39 is 0 Å². The third-order valence-corrected chi connectivity index (χ3v) is 6.62. The van der Waals surface area contributed by atoms with E-state index >= 15 is 0 Å². The molecule has 1 aliphatic heterocycles. The van der Waals surface area contributed by atoms with Gasteiger partial charge >= 0.3 is 0 Å². The van der Waals surface area contributed by atoms with Gasteiger partial charge in [0.05, 0.1) is 10.7 Å². The summed E-state index contributed by atoms with van der Waals surface area (Å²) in [7, 11) is 0. The van der Waals surface area contributed by atoms with Crippen molar-refractivity contribution in [1.29, 1.82) is 0 Å². The molecule has 1 saturated heterocycles. The molecule has 0 radical (unpaired) electrons. The molecule has 2 amide bonds. The second-order valence-electron chi connectivity index (χ2n) is 7.42. The van der Waals surface area contributed by atoms with Crippen LogP contribution in [0.5, 0.6) is 0 Å². The predicted molar refractivity (Wildman–Crippen MR) is 126 cm³/mol. The standard InChI is InChI=1S/C24H22ClN3O2S/c1-2-22(29)26-20-5-3-4-18(14-20)24(30)28-12-10-17(11-13-28)23-27-21(15-31-23)16-6-8-19(25)9-7-16/h2-9,14-15,17H,1,10-13H2,(H,26,29). The summed E-state index contributed by atoms with van der Waals surface area (Å²) in [5.74, 6) is 0.0364. The van der Waals surface area contributed by atoms with E-state index in [4.69, 9.17) is 16.6 Å². The third-order valence-electron chi connectivity index (χ3n) is 5.36. The van der Waals surface area contributed by atoms with Gasteiger partial charge < -0.3 is 10.2 Å². The summed E-state index contributed by atoms with van der Waals surface area (Å²) in [5, 5.41) is 6.61. The van der Waals surface area contributed by atoms with Crippen LogP contribution in [0.25, 0.3) is 11.3 Å². The van der Waals surface area contributed by atoms with Gasteiger partial charge in [0, 0.05) is 46.2 Å². The number of aromatic nitrogens is 1. The molecule has 1 fully saturated rings. The lowest BCUT2D eigenvalue weighted by Gasteiger charge is -2.31. The monoisotopic (exact) mass is 451 g/mol. The fourth-order valence-corrected chi connectivity index (χ4v) is 4.79. The zero-order chi connectivity index (χ0) is 21.8. The Kier molecular flexibility index (Phi) is 6.49. The fourth-order valence-electron chi connectivity index (χ4n) is 3.66. The summed E-state index contributed by atoms with van der Waals surface area (Å²) >= 11 is 7.65. The number of hydrogen-bond donors (Lipinski definition) is 1. The van der Waals surface area contributed by atoms with Crippen molar-refractivity contribution in [2.45, 2.75) is 18.8 Å². The number of nitrogens with one attached hydrogen (secondary N) is 1. The fraction of sp³-hybridized carbons (Fsp3) is 0.208. The Hall–Kier alpha value is -2.96. The van der Waals surface area contributed by atoms with Crippen molar-refractivity contribution in [3.05, 3.63) is 82.2 Å². The molecule has 3 aromatic rings. The average molecular weight is 452 g/mol. The van der Waals surface area contributed by atoms with E-state index in [9.17, 15) is 9.59 Å². The molecule has 0 spiro atoms. The second kappa shape index (κ2) is 9.45. The number of anilines is 1. The summed E-state index contributed by atoms with van der Waals surface area (Å²) in [6.07, 6.45) is 2.97. The molecule has 0 atom stereocenters. The Morgan fingerprint density at radius 2 is 1.90 bits per heavy atom. The molecule has 2 heterocycles. The van der Waals surface area contributed by atoms with Crippen molar-refractivity contribution in [2.75, 3.05) is 18.4 Å². The zero-order valence-corrected chi connectivity index (χ0v) is 18.5. The topological polar surface area (TPSA) is 62.3 Å². The van der Waals surface area contributed by atoms with Gasteiger partial charge in [-0.2, -0.15) is 0 Å². The quantitative estimate of drug-likeness (QED) is 0.513. The number of benzene rings is 2. The number of carbonyl (C=O) groups is 2. The molecule has 5 nitrogen and oxygen atoms in total. The molecule has 7 heteroatoms. The molecule has 2 aromatic carbocycles.